The molecule has 0 aliphatic carbocycles. The van der Waals surface area contributed by atoms with E-state index in [0.717, 1.165) is 21.9 Å². The summed E-state index contributed by atoms with van der Waals surface area (Å²) < 4.78 is 11.5. The number of benzene rings is 1. The minimum Gasteiger partial charge on any atom is -0.497 e. The molecule has 1 aromatic carbocycles. The summed E-state index contributed by atoms with van der Waals surface area (Å²) in [4.78, 5) is 35.0. The molecule has 1 atom stereocenters. The number of hydrogen-bond acceptors (Lipinski definition) is 6. The number of amides is 2. The minimum absolute atomic E-state index is 0.0311. The average molecular weight is 480 g/mol. The maximum atomic E-state index is 13.1. The first-order valence-corrected chi connectivity index (χ1v) is 12.2. The van der Waals surface area contributed by atoms with Crippen molar-refractivity contribution in [2.45, 2.75) is 32.1 Å². The minimum atomic E-state index is -0.313. The van der Waals surface area contributed by atoms with Crippen molar-refractivity contribution in [3.63, 3.8) is 0 Å². The van der Waals surface area contributed by atoms with Gasteiger partial charge in [-0.1, -0.05) is 24.3 Å². The molecule has 2 aromatic heterocycles. The molecule has 0 bridgehead atoms. The Balaban J connectivity index is 1.46. The second-order valence-electron chi connectivity index (χ2n) is 8.23. The van der Waals surface area contributed by atoms with Crippen LogP contribution in [0.4, 0.5) is 0 Å². The van der Waals surface area contributed by atoms with Gasteiger partial charge in [0.25, 0.3) is 0 Å². The van der Waals surface area contributed by atoms with E-state index in [-0.39, 0.29) is 24.5 Å². The van der Waals surface area contributed by atoms with E-state index in [1.54, 1.807) is 34.4 Å². The van der Waals surface area contributed by atoms with Gasteiger partial charge in [-0.25, -0.2) is 0 Å². The summed E-state index contributed by atoms with van der Waals surface area (Å²) in [5.41, 5.74) is 1.78. The summed E-state index contributed by atoms with van der Waals surface area (Å²) in [6.45, 7) is 1.57. The number of aryl methyl sites for hydroxylation is 1. The van der Waals surface area contributed by atoms with Gasteiger partial charge in [0.1, 0.15) is 5.75 Å². The van der Waals surface area contributed by atoms with Gasteiger partial charge >= 0.3 is 0 Å². The van der Waals surface area contributed by atoms with E-state index >= 15 is 0 Å². The molecule has 34 heavy (non-hydrogen) atoms. The largest absolute Gasteiger partial charge is 0.497 e. The molecule has 1 saturated heterocycles. The van der Waals surface area contributed by atoms with Crippen molar-refractivity contribution < 1.29 is 19.1 Å². The van der Waals surface area contributed by atoms with Gasteiger partial charge in [-0.15, -0.1) is 11.3 Å². The quantitative estimate of drug-likeness (QED) is 0.470. The van der Waals surface area contributed by atoms with E-state index in [1.165, 1.54) is 0 Å². The van der Waals surface area contributed by atoms with Crippen molar-refractivity contribution in [2.75, 3.05) is 26.7 Å². The van der Waals surface area contributed by atoms with Gasteiger partial charge < -0.3 is 19.3 Å². The van der Waals surface area contributed by atoms with Gasteiger partial charge in [-0.3, -0.25) is 14.6 Å². The number of nitrogens with zero attached hydrogens (tertiary/aromatic N) is 3. The van der Waals surface area contributed by atoms with Crippen LogP contribution in [-0.4, -0.2) is 59.4 Å². The van der Waals surface area contributed by atoms with Crippen LogP contribution in [0.1, 0.15) is 22.6 Å². The van der Waals surface area contributed by atoms with Crippen LogP contribution in [0.2, 0.25) is 0 Å². The number of aromatic nitrogens is 1. The normalized spacial score (nSPS) is 16.4. The van der Waals surface area contributed by atoms with E-state index in [1.807, 2.05) is 60.0 Å². The molecule has 7 nitrogen and oxygen atoms in total. The first-order valence-electron chi connectivity index (χ1n) is 11.3. The lowest BCUT2D eigenvalue weighted by Crippen LogP contribution is -2.39. The lowest BCUT2D eigenvalue weighted by Gasteiger charge is -2.25. The van der Waals surface area contributed by atoms with Crippen molar-refractivity contribution in [3.05, 3.63) is 82.3 Å². The fourth-order valence-electron chi connectivity index (χ4n) is 3.93. The van der Waals surface area contributed by atoms with E-state index in [2.05, 4.69) is 4.98 Å². The maximum absolute atomic E-state index is 13.1. The number of hydrogen-bond donors (Lipinski definition) is 0. The molecule has 0 spiro atoms. The Hall–Kier alpha value is -3.23. The van der Waals surface area contributed by atoms with Gasteiger partial charge in [0, 0.05) is 30.6 Å². The molecular formula is C26H29N3O4S. The topological polar surface area (TPSA) is 72.0 Å². The summed E-state index contributed by atoms with van der Waals surface area (Å²) >= 11 is 1.64. The average Bonchev–Trinajstić information content (AvgIpc) is 3.34. The number of thiophene rings is 1. The number of carbonyl (C=O) groups excluding carboxylic acids is 2. The van der Waals surface area contributed by atoms with Gasteiger partial charge in [0.05, 0.1) is 38.6 Å². The number of carbonyl (C=O) groups is 2. The van der Waals surface area contributed by atoms with Gasteiger partial charge in [-0.2, -0.15) is 0 Å². The molecule has 178 valence electrons. The maximum Gasteiger partial charge on any atom is 0.242 e. The summed E-state index contributed by atoms with van der Waals surface area (Å²) in [6, 6.07) is 17.4. The summed E-state index contributed by atoms with van der Waals surface area (Å²) in [5, 5.41) is 2.01. The van der Waals surface area contributed by atoms with Crippen molar-refractivity contribution in [2.24, 2.45) is 0 Å². The highest BCUT2D eigenvalue weighted by Crippen LogP contribution is 2.18. The van der Waals surface area contributed by atoms with Crippen LogP contribution in [0.15, 0.2) is 66.2 Å². The monoisotopic (exact) mass is 479 g/mol. The summed E-state index contributed by atoms with van der Waals surface area (Å²) in [7, 11) is 1.63. The van der Waals surface area contributed by atoms with Gasteiger partial charge in [0.15, 0.2) is 0 Å². The van der Waals surface area contributed by atoms with Crippen LogP contribution in [0.5, 0.6) is 5.75 Å². The zero-order valence-electron chi connectivity index (χ0n) is 19.3. The molecule has 0 radical (unpaired) electrons. The van der Waals surface area contributed by atoms with Crippen LogP contribution in [-0.2, 0) is 33.9 Å². The SMILES string of the molecule is COc1cccc(CO[C@@H]2CN(C(=O)CCc3cccs3)CC(=O)N(Cc3ccccn3)C2)c1. The molecule has 0 saturated carbocycles. The lowest BCUT2D eigenvalue weighted by atomic mass is 10.2. The fourth-order valence-corrected chi connectivity index (χ4v) is 4.64. The van der Waals surface area contributed by atoms with Crippen molar-refractivity contribution in [3.8, 4) is 5.75 Å². The van der Waals surface area contributed by atoms with Crippen molar-refractivity contribution >= 4 is 23.2 Å². The first kappa shape index (κ1) is 23.9. The van der Waals surface area contributed by atoms with Crippen LogP contribution < -0.4 is 4.74 Å². The Kier molecular flexibility index (Phi) is 8.27. The molecule has 3 heterocycles. The van der Waals surface area contributed by atoms with Crippen LogP contribution in [0, 0.1) is 0 Å². The Labute approximate surface area is 203 Å². The Morgan fingerprint density at radius 2 is 2.06 bits per heavy atom. The molecule has 2 amide bonds. The Morgan fingerprint density at radius 3 is 2.82 bits per heavy atom. The van der Waals surface area contributed by atoms with Crippen molar-refractivity contribution in [1.29, 1.82) is 0 Å². The second-order valence-corrected chi connectivity index (χ2v) is 9.27. The third kappa shape index (κ3) is 6.65. The van der Waals surface area contributed by atoms with E-state index in [0.29, 0.717) is 39.1 Å². The zero-order chi connectivity index (χ0) is 23.8. The molecule has 8 heteroatoms. The smallest absolute Gasteiger partial charge is 0.242 e. The highest BCUT2D eigenvalue weighted by molar-refractivity contribution is 7.09. The Bertz CT molecular complexity index is 1070. The molecular weight excluding hydrogens is 450 g/mol. The second kappa shape index (κ2) is 11.8. The number of methoxy groups -OCH3 is 1. The number of rotatable bonds is 9. The zero-order valence-corrected chi connectivity index (χ0v) is 20.1. The number of pyridine rings is 1. The highest BCUT2D eigenvalue weighted by atomic mass is 32.1. The molecule has 1 aliphatic heterocycles. The predicted octanol–water partition coefficient (Wildman–Crippen LogP) is 3.54. The van der Waals surface area contributed by atoms with Crippen molar-refractivity contribution in [1.82, 2.24) is 14.8 Å². The fraction of sp³-hybridized carbons (Fsp3) is 0.346. The van der Waals surface area contributed by atoms with Gasteiger partial charge in [-0.05, 0) is 47.7 Å². The van der Waals surface area contributed by atoms with Crippen LogP contribution in [0.25, 0.3) is 0 Å². The molecule has 0 unspecified atom stereocenters. The van der Waals surface area contributed by atoms with Gasteiger partial charge in [0.2, 0.25) is 11.8 Å². The predicted molar refractivity (Wildman–Crippen MR) is 130 cm³/mol. The molecule has 4 rings (SSSR count). The first-order chi connectivity index (χ1) is 16.6. The molecule has 0 N–H and O–H groups in total. The van der Waals surface area contributed by atoms with E-state index in [4.69, 9.17) is 9.47 Å². The standard InChI is InChI=1S/C26H29N3O4S/c1-32-22-8-4-6-20(14-22)19-33-23-16-28(15-21-7-2-3-12-27-21)26(31)18-29(17-23)25(30)11-10-24-9-5-13-34-24/h2-9,12-14,23H,10-11,15-19H2,1H3/t23-/m0/s1. The van der Waals surface area contributed by atoms with E-state index < -0.39 is 0 Å². The highest BCUT2D eigenvalue weighted by Gasteiger charge is 2.31. The van der Waals surface area contributed by atoms with Crippen LogP contribution >= 0.6 is 11.3 Å². The molecule has 3 aromatic rings. The summed E-state index contributed by atoms with van der Waals surface area (Å²) in [6.07, 6.45) is 2.45. The molecule has 1 fully saturated rings. The third-order valence-corrected chi connectivity index (χ3v) is 6.68. The molecule has 1 aliphatic rings. The number of ether oxygens (including phenoxy) is 2. The lowest BCUT2D eigenvalue weighted by molar-refractivity contribution is -0.139. The Morgan fingerprint density at radius 1 is 1.15 bits per heavy atom. The summed E-state index contributed by atoms with van der Waals surface area (Å²) in [5.74, 6) is 0.637. The van der Waals surface area contributed by atoms with Crippen LogP contribution in [0.3, 0.4) is 0 Å². The third-order valence-electron chi connectivity index (χ3n) is 5.74. The van der Waals surface area contributed by atoms with E-state index in [9.17, 15) is 9.59 Å².